The van der Waals surface area contributed by atoms with Gasteiger partial charge in [0.05, 0.1) is 0 Å². The van der Waals surface area contributed by atoms with Gasteiger partial charge in [-0.1, -0.05) is 30.7 Å². The number of carbonyl (C=O) groups excluding carboxylic acids is 1. The maximum Gasteiger partial charge on any atom is 0.323 e. The monoisotopic (exact) mass is 227 g/mol. The van der Waals surface area contributed by atoms with Crippen LogP contribution in [0.5, 0.6) is 0 Å². The summed E-state index contributed by atoms with van der Waals surface area (Å²) in [7, 11) is 0. The highest BCUT2D eigenvalue weighted by Gasteiger charge is 2.12. The first-order valence-electron chi connectivity index (χ1n) is 4.80. The smallest absolute Gasteiger partial charge is 0.323 e. The Morgan fingerprint density at radius 2 is 2.33 bits per heavy atom. The molecule has 1 aromatic carbocycles. The summed E-state index contributed by atoms with van der Waals surface area (Å²) in [4.78, 5) is 11.3. The van der Waals surface area contributed by atoms with Crippen molar-refractivity contribution in [2.75, 3.05) is 0 Å². The van der Waals surface area contributed by atoms with Crippen LogP contribution in [0.4, 0.5) is 0 Å². The fourth-order valence-electron chi connectivity index (χ4n) is 1.05. The van der Waals surface area contributed by atoms with Crippen LogP contribution in [0.3, 0.4) is 0 Å². The normalized spacial score (nSPS) is 12.2. The maximum absolute atomic E-state index is 11.3. The van der Waals surface area contributed by atoms with Crippen LogP contribution in [0, 0.1) is 0 Å². The van der Waals surface area contributed by atoms with Gasteiger partial charge in [-0.25, -0.2) is 0 Å². The van der Waals surface area contributed by atoms with Crippen molar-refractivity contribution in [1.82, 2.24) is 0 Å². The first kappa shape index (κ1) is 12.0. The Labute approximate surface area is 94.2 Å². The molecule has 0 radical (unpaired) electrons. The Kier molecular flexibility index (Phi) is 4.59. The van der Waals surface area contributed by atoms with Crippen LogP contribution < -0.4 is 5.73 Å². The van der Waals surface area contributed by atoms with Crippen molar-refractivity contribution in [3.63, 3.8) is 0 Å². The molecular weight excluding hydrogens is 214 g/mol. The Hall–Kier alpha value is -1.06. The van der Waals surface area contributed by atoms with Crippen molar-refractivity contribution in [3.8, 4) is 0 Å². The summed E-state index contributed by atoms with van der Waals surface area (Å²) >= 11 is 5.78. The molecule has 4 heteroatoms. The van der Waals surface area contributed by atoms with Crippen LogP contribution in [0.1, 0.15) is 18.9 Å². The van der Waals surface area contributed by atoms with E-state index in [9.17, 15) is 4.79 Å². The first-order valence-corrected chi connectivity index (χ1v) is 5.18. The molecule has 0 spiro atoms. The van der Waals surface area contributed by atoms with Gasteiger partial charge >= 0.3 is 5.97 Å². The van der Waals surface area contributed by atoms with Gasteiger partial charge in [-0.15, -0.1) is 0 Å². The lowest BCUT2D eigenvalue weighted by atomic mass is 10.2. The molecule has 0 aliphatic carbocycles. The second kappa shape index (κ2) is 5.73. The van der Waals surface area contributed by atoms with E-state index in [1.54, 1.807) is 12.1 Å². The highest BCUT2D eigenvalue weighted by atomic mass is 35.5. The lowest BCUT2D eigenvalue weighted by Gasteiger charge is -2.09. The summed E-state index contributed by atoms with van der Waals surface area (Å²) in [5.74, 6) is -0.377. The van der Waals surface area contributed by atoms with Crippen molar-refractivity contribution >= 4 is 17.6 Å². The van der Waals surface area contributed by atoms with Gasteiger partial charge in [0, 0.05) is 5.02 Å². The van der Waals surface area contributed by atoms with Crippen LogP contribution in [-0.2, 0) is 16.1 Å². The van der Waals surface area contributed by atoms with Crippen LogP contribution in [0.2, 0.25) is 5.02 Å². The summed E-state index contributed by atoms with van der Waals surface area (Å²) < 4.78 is 5.01. The molecule has 82 valence electrons. The van der Waals surface area contributed by atoms with Crippen molar-refractivity contribution in [3.05, 3.63) is 34.9 Å². The van der Waals surface area contributed by atoms with Gasteiger partial charge < -0.3 is 10.5 Å². The molecule has 1 rings (SSSR count). The van der Waals surface area contributed by atoms with E-state index in [-0.39, 0.29) is 12.6 Å². The summed E-state index contributed by atoms with van der Waals surface area (Å²) in [6.07, 6.45) is 0.578. The van der Waals surface area contributed by atoms with Gasteiger partial charge in [0.25, 0.3) is 0 Å². The van der Waals surface area contributed by atoms with Crippen LogP contribution in [-0.4, -0.2) is 12.0 Å². The fraction of sp³-hybridized carbons (Fsp3) is 0.364. The number of halogens is 1. The molecule has 3 nitrogen and oxygen atoms in total. The number of hydrogen-bond donors (Lipinski definition) is 1. The second-order valence-electron chi connectivity index (χ2n) is 3.25. The van der Waals surface area contributed by atoms with E-state index in [0.29, 0.717) is 11.4 Å². The van der Waals surface area contributed by atoms with E-state index in [1.165, 1.54) is 0 Å². The van der Waals surface area contributed by atoms with Crippen molar-refractivity contribution < 1.29 is 9.53 Å². The highest BCUT2D eigenvalue weighted by molar-refractivity contribution is 6.30. The molecule has 0 bridgehead atoms. The average molecular weight is 228 g/mol. The molecule has 2 N–H and O–H groups in total. The van der Waals surface area contributed by atoms with E-state index in [1.807, 2.05) is 19.1 Å². The summed E-state index contributed by atoms with van der Waals surface area (Å²) in [5.41, 5.74) is 6.37. The SMILES string of the molecule is CC[C@H](N)C(=O)OCc1cccc(Cl)c1. The van der Waals surface area contributed by atoms with E-state index in [0.717, 1.165) is 5.56 Å². The first-order chi connectivity index (χ1) is 7.13. The molecule has 0 heterocycles. The highest BCUT2D eigenvalue weighted by Crippen LogP contribution is 2.11. The second-order valence-corrected chi connectivity index (χ2v) is 3.69. The van der Waals surface area contributed by atoms with Gasteiger partial charge in [0.1, 0.15) is 12.6 Å². The molecule has 0 fully saturated rings. The topological polar surface area (TPSA) is 52.3 Å². The third-order valence-electron chi connectivity index (χ3n) is 2.01. The molecule has 0 saturated heterocycles. The number of hydrogen-bond acceptors (Lipinski definition) is 3. The van der Waals surface area contributed by atoms with Gasteiger partial charge in [-0.05, 0) is 24.1 Å². The van der Waals surface area contributed by atoms with Gasteiger partial charge in [-0.3, -0.25) is 4.79 Å². The minimum Gasteiger partial charge on any atom is -0.460 e. The predicted molar refractivity (Wildman–Crippen MR) is 59.5 cm³/mol. The minimum absolute atomic E-state index is 0.215. The molecular formula is C11H14ClNO2. The molecule has 0 aromatic heterocycles. The molecule has 15 heavy (non-hydrogen) atoms. The maximum atomic E-state index is 11.3. The standard InChI is InChI=1S/C11H14ClNO2/c1-2-10(13)11(14)15-7-8-4-3-5-9(12)6-8/h3-6,10H,2,7,13H2,1H3/t10-/m0/s1. The molecule has 1 aromatic rings. The largest absolute Gasteiger partial charge is 0.460 e. The minimum atomic E-state index is -0.538. The molecule has 0 unspecified atom stereocenters. The van der Waals surface area contributed by atoms with E-state index < -0.39 is 6.04 Å². The van der Waals surface area contributed by atoms with Crippen LogP contribution >= 0.6 is 11.6 Å². The summed E-state index contributed by atoms with van der Waals surface area (Å²) in [6, 6.07) is 6.64. The van der Waals surface area contributed by atoms with Crippen molar-refractivity contribution in [1.29, 1.82) is 0 Å². The van der Waals surface area contributed by atoms with Gasteiger partial charge in [-0.2, -0.15) is 0 Å². The number of ether oxygens (including phenoxy) is 1. The van der Waals surface area contributed by atoms with Gasteiger partial charge in [0.2, 0.25) is 0 Å². The van der Waals surface area contributed by atoms with Crippen molar-refractivity contribution in [2.24, 2.45) is 5.73 Å². The third-order valence-corrected chi connectivity index (χ3v) is 2.25. The zero-order valence-corrected chi connectivity index (χ0v) is 9.33. The van der Waals surface area contributed by atoms with Crippen LogP contribution in [0.25, 0.3) is 0 Å². The Morgan fingerprint density at radius 3 is 2.93 bits per heavy atom. The zero-order chi connectivity index (χ0) is 11.3. The fourth-order valence-corrected chi connectivity index (χ4v) is 1.27. The Bertz CT molecular complexity index is 341. The lowest BCUT2D eigenvalue weighted by molar-refractivity contribution is -0.146. The third kappa shape index (κ3) is 3.90. The van der Waals surface area contributed by atoms with Crippen molar-refractivity contribution in [2.45, 2.75) is 26.0 Å². The molecule has 1 atom stereocenters. The van der Waals surface area contributed by atoms with E-state index >= 15 is 0 Å². The van der Waals surface area contributed by atoms with E-state index in [2.05, 4.69) is 0 Å². The Balaban J connectivity index is 2.47. The number of nitrogens with two attached hydrogens (primary N) is 1. The summed E-state index contributed by atoms with van der Waals surface area (Å²) in [6.45, 7) is 2.05. The lowest BCUT2D eigenvalue weighted by Crippen LogP contribution is -2.31. The molecule has 0 aliphatic rings. The number of benzene rings is 1. The number of carbonyl (C=O) groups is 1. The molecule has 0 amide bonds. The van der Waals surface area contributed by atoms with E-state index in [4.69, 9.17) is 22.1 Å². The average Bonchev–Trinajstić information content (AvgIpc) is 2.25. The summed E-state index contributed by atoms with van der Waals surface area (Å²) in [5, 5.41) is 0.628. The van der Waals surface area contributed by atoms with Gasteiger partial charge in [0.15, 0.2) is 0 Å². The number of esters is 1. The Morgan fingerprint density at radius 1 is 1.60 bits per heavy atom. The van der Waals surface area contributed by atoms with Crippen LogP contribution in [0.15, 0.2) is 24.3 Å². The zero-order valence-electron chi connectivity index (χ0n) is 8.57. The molecule has 0 saturated carbocycles. The molecule has 0 aliphatic heterocycles. The quantitative estimate of drug-likeness (QED) is 0.802. The number of rotatable bonds is 4. The predicted octanol–water partition coefficient (Wildman–Crippen LogP) is 2.12.